The molecule has 0 bridgehead atoms. The van der Waals surface area contributed by atoms with Crippen LogP contribution >= 0.6 is 0 Å². The van der Waals surface area contributed by atoms with Crippen LogP contribution in [-0.4, -0.2) is 40.1 Å². The van der Waals surface area contributed by atoms with Gasteiger partial charge in [-0.2, -0.15) is 13.2 Å². The van der Waals surface area contributed by atoms with Gasteiger partial charge in [-0.1, -0.05) is 18.2 Å². The van der Waals surface area contributed by atoms with Gasteiger partial charge in [0.15, 0.2) is 11.8 Å². The summed E-state index contributed by atoms with van der Waals surface area (Å²) in [5, 5.41) is 14.7. The van der Waals surface area contributed by atoms with Crippen molar-refractivity contribution in [1.29, 1.82) is 0 Å². The lowest BCUT2D eigenvalue weighted by molar-refractivity contribution is -0.135. The van der Waals surface area contributed by atoms with Crippen LogP contribution in [-0.2, 0) is 13.6 Å². The predicted molar refractivity (Wildman–Crippen MR) is 107 cm³/mol. The zero-order valence-electron chi connectivity index (χ0n) is 17.2. The van der Waals surface area contributed by atoms with Gasteiger partial charge in [0, 0.05) is 32.0 Å². The molecule has 0 saturated heterocycles. The normalized spacial score (nSPS) is 16.7. The number of unbranched alkanes of at least 4 members (excludes halogenated alkanes) is 1. The highest BCUT2D eigenvalue weighted by Crippen LogP contribution is 2.31. The summed E-state index contributed by atoms with van der Waals surface area (Å²) in [5.41, 5.74) is 1.03. The van der Waals surface area contributed by atoms with Gasteiger partial charge in [0.05, 0.1) is 12.6 Å². The van der Waals surface area contributed by atoms with E-state index in [1.54, 1.807) is 0 Å². The molecule has 164 valence electrons. The van der Waals surface area contributed by atoms with E-state index in [2.05, 4.69) is 25.8 Å². The van der Waals surface area contributed by atoms with Crippen molar-refractivity contribution in [3.63, 3.8) is 0 Å². The lowest BCUT2D eigenvalue weighted by atomic mass is 10.0. The number of aromatic nitrogens is 3. The Hall–Kier alpha value is -2.78. The third-order valence-corrected chi connectivity index (χ3v) is 5.01. The Kier molecular flexibility index (Phi) is 7.17. The van der Waals surface area contributed by atoms with E-state index in [4.69, 9.17) is 4.74 Å². The number of halogens is 3. The van der Waals surface area contributed by atoms with Crippen molar-refractivity contribution in [2.45, 2.75) is 51.4 Å². The third kappa shape index (κ3) is 6.11. The summed E-state index contributed by atoms with van der Waals surface area (Å²) >= 11 is 0. The molecular formula is C20H27F3N6O. The number of guanidine groups is 1. The maximum absolute atomic E-state index is 12.4. The summed E-state index contributed by atoms with van der Waals surface area (Å²) in [4.78, 5) is 4.59. The number of nitrogens with zero attached hydrogens (tertiary/aromatic N) is 4. The number of aryl methyl sites for hydroxylation is 1. The Morgan fingerprint density at radius 1 is 1.27 bits per heavy atom. The van der Waals surface area contributed by atoms with Crippen molar-refractivity contribution < 1.29 is 17.9 Å². The van der Waals surface area contributed by atoms with Crippen LogP contribution in [0.2, 0.25) is 0 Å². The molecular weight excluding hydrogens is 397 g/mol. The van der Waals surface area contributed by atoms with Gasteiger partial charge in [-0.3, -0.25) is 0 Å². The van der Waals surface area contributed by atoms with Gasteiger partial charge in [-0.05, 0) is 25.8 Å². The Morgan fingerprint density at radius 2 is 2.07 bits per heavy atom. The first-order valence-electron chi connectivity index (χ1n) is 10.0. The van der Waals surface area contributed by atoms with Gasteiger partial charge in [0.1, 0.15) is 18.1 Å². The summed E-state index contributed by atoms with van der Waals surface area (Å²) in [7, 11) is 1.87. The topological polar surface area (TPSA) is 76.4 Å². The van der Waals surface area contributed by atoms with Crippen molar-refractivity contribution in [3.05, 3.63) is 41.5 Å². The monoisotopic (exact) mass is 424 g/mol. The molecule has 2 N–H and O–H groups in total. The number of para-hydroxylation sites is 1. The first kappa shape index (κ1) is 21.9. The maximum Gasteiger partial charge on any atom is 0.389 e. The molecule has 0 saturated carbocycles. The van der Waals surface area contributed by atoms with E-state index >= 15 is 0 Å². The van der Waals surface area contributed by atoms with E-state index < -0.39 is 12.6 Å². The van der Waals surface area contributed by atoms with Crippen LogP contribution < -0.4 is 15.4 Å². The van der Waals surface area contributed by atoms with Gasteiger partial charge < -0.3 is 19.9 Å². The van der Waals surface area contributed by atoms with Crippen molar-refractivity contribution in [1.82, 2.24) is 25.4 Å². The molecule has 0 spiro atoms. The third-order valence-electron chi connectivity index (χ3n) is 5.01. The molecule has 0 radical (unpaired) electrons. The first-order chi connectivity index (χ1) is 14.3. The molecule has 1 unspecified atom stereocenters. The molecule has 3 rings (SSSR count). The second kappa shape index (κ2) is 9.82. The Morgan fingerprint density at radius 3 is 2.80 bits per heavy atom. The van der Waals surface area contributed by atoms with Crippen molar-refractivity contribution in [2.24, 2.45) is 12.0 Å². The fourth-order valence-corrected chi connectivity index (χ4v) is 3.21. The number of rotatable bonds is 7. The van der Waals surface area contributed by atoms with Crippen LogP contribution in [0, 0.1) is 6.92 Å². The molecule has 10 heteroatoms. The van der Waals surface area contributed by atoms with Gasteiger partial charge in [-0.15, -0.1) is 10.2 Å². The van der Waals surface area contributed by atoms with E-state index in [1.807, 2.05) is 42.8 Å². The Labute approximate surface area is 173 Å². The fourth-order valence-electron chi connectivity index (χ4n) is 3.21. The molecule has 1 atom stereocenters. The standard InChI is InChI=1S/C20H27F3N6O/c1-14-27-28-18(29(14)2)13-25-19(24-11-6-5-10-20(21,22)23)26-16-9-12-30-17-8-4-3-7-15(16)17/h3-4,7-8,16H,5-6,9-13H2,1-2H3,(H2,24,25,26). The molecule has 1 aromatic carbocycles. The average molecular weight is 424 g/mol. The van der Waals surface area contributed by atoms with Crippen molar-refractivity contribution in [2.75, 3.05) is 13.2 Å². The maximum atomic E-state index is 12.4. The number of hydrogen-bond acceptors (Lipinski definition) is 4. The molecule has 1 aliphatic heterocycles. The number of alkyl halides is 3. The quantitative estimate of drug-likeness (QED) is 0.405. The summed E-state index contributed by atoms with van der Waals surface area (Å²) in [6.07, 6.45) is -3.67. The van der Waals surface area contributed by atoms with Gasteiger partial charge in [0.25, 0.3) is 0 Å². The van der Waals surface area contributed by atoms with Crippen LogP contribution in [0.3, 0.4) is 0 Å². The number of hydrogen-bond donors (Lipinski definition) is 2. The van der Waals surface area contributed by atoms with E-state index in [1.165, 1.54) is 0 Å². The summed E-state index contributed by atoms with van der Waals surface area (Å²) in [5.74, 6) is 2.85. The second-order valence-corrected chi connectivity index (χ2v) is 7.26. The van der Waals surface area contributed by atoms with Gasteiger partial charge in [0.2, 0.25) is 0 Å². The molecule has 2 heterocycles. The Balaban J connectivity index is 1.66. The van der Waals surface area contributed by atoms with Crippen LogP contribution in [0.15, 0.2) is 29.3 Å². The molecule has 7 nitrogen and oxygen atoms in total. The van der Waals surface area contributed by atoms with E-state index in [-0.39, 0.29) is 12.5 Å². The number of aliphatic imine (C=N–C) groups is 1. The zero-order chi connectivity index (χ0) is 21.6. The lowest BCUT2D eigenvalue weighted by Gasteiger charge is -2.28. The highest BCUT2D eigenvalue weighted by Gasteiger charge is 2.26. The smallest absolute Gasteiger partial charge is 0.389 e. The SMILES string of the molecule is Cc1nnc(CN=C(NCCCCC(F)(F)F)NC2CCOc3ccccc32)n1C. The summed E-state index contributed by atoms with van der Waals surface area (Å²) in [6.45, 7) is 3.14. The number of fused-ring (bicyclic) bond motifs is 1. The van der Waals surface area contributed by atoms with Crippen molar-refractivity contribution >= 4 is 5.96 Å². The highest BCUT2D eigenvalue weighted by atomic mass is 19.4. The molecule has 0 fully saturated rings. The van der Waals surface area contributed by atoms with Crippen LogP contribution in [0.5, 0.6) is 5.75 Å². The average Bonchev–Trinajstić information content (AvgIpc) is 3.03. The second-order valence-electron chi connectivity index (χ2n) is 7.26. The minimum atomic E-state index is -4.12. The largest absolute Gasteiger partial charge is 0.493 e. The number of ether oxygens (including phenoxy) is 1. The van der Waals surface area contributed by atoms with Crippen LogP contribution in [0.1, 0.15) is 48.9 Å². The number of benzene rings is 1. The minimum absolute atomic E-state index is 0.00222. The van der Waals surface area contributed by atoms with E-state index in [0.29, 0.717) is 37.9 Å². The molecule has 0 aliphatic carbocycles. The van der Waals surface area contributed by atoms with Crippen LogP contribution in [0.25, 0.3) is 0 Å². The zero-order valence-corrected chi connectivity index (χ0v) is 17.2. The summed E-state index contributed by atoms with van der Waals surface area (Å²) < 4.78 is 44.6. The molecule has 2 aromatic rings. The Bertz CT molecular complexity index is 864. The van der Waals surface area contributed by atoms with E-state index in [9.17, 15) is 13.2 Å². The molecule has 0 amide bonds. The summed E-state index contributed by atoms with van der Waals surface area (Å²) in [6, 6.07) is 7.79. The van der Waals surface area contributed by atoms with Crippen LogP contribution in [0.4, 0.5) is 13.2 Å². The fraction of sp³-hybridized carbons (Fsp3) is 0.550. The number of nitrogens with one attached hydrogen (secondary N) is 2. The lowest BCUT2D eigenvalue weighted by Crippen LogP contribution is -2.41. The van der Waals surface area contributed by atoms with Gasteiger partial charge in [-0.25, -0.2) is 4.99 Å². The highest BCUT2D eigenvalue weighted by molar-refractivity contribution is 5.80. The first-order valence-corrected chi connectivity index (χ1v) is 10.0. The molecule has 30 heavy (non-hydrogen) atoms. The molecule has 1 aliphatic rings. The molecule has 1 aromatic heterocycles. The predicted octanol–water partition coefficient (Wildman–Crippen LogP) is 3.42. The van der Waals surface area contributed by atoms with Gasteiger partial charge >= 0.3 is 6.18 Å². The van der Waals surface area contributed by atoms with E-state index in [0.717, 1.165) is 23.6 Å². The minimum Gasteiger partial charge on any atom is -0.493 e. The van der Waals surface area contributed by atoms with Crippen molar-refractivity contribution in [3.8, 4) is 5.75 Å².